The molecule has 0 fully saturated rings. The Balaban J connectivity index is 2.59. The van der Waals surface area contributed by atoms with E-state index in [0.717, 1.165) is 16.7 Å². The number of amides is 1. The van der Waals surface area contributed by atoms with Gasteiger partial charge in [0, 0.05) is 42.8 Å². The monoisotopic (exact) mass is 410 g/mol. The Bertz CT molecular complexity index is 718. The van der Waals surface area contributed by atoms with Gasteiger partial charge in [-0.1, -0.05) is 25.6 Å². The van der Waals surface area contributed by atoms with Gasteiger partial charge in [0.05, 0.1) is 0 Å². The van der Waals surface area contributed by atoms with Crippen molar-refractivity contribution in [3.8, 4) is 0 Å². The van der Waals surface area contributed by atoms with E-state index in [1.807, 2.05) is 0 Å². The molecule has 0 aromatic heterocycles. The van der Waals surface area contributed by atoms with Crippen molar-refractivity contribution >= 4 is 40.4 Å². The van der Waals surface area contributed by atoms with Crippen LogP contribution in [0.4, 0.5) is 5.69 Å². The number of carbonyl (C=O) groups is 4. The Kier molecular flexibility index (Phi) is 8.98. The third-order valence-electron chi connectivity index (χ3n) is 3.62. The van der Waals surface area contributed by atoms with E-state index in [2.05, 4.69) is 5.32 Å². The van der Waals surface area contributed by atoms with Crippen LogP contribution in [-0.2, 0) is 28.7 Å². The molecule has 0 saturated heterocycles. The molecule has 1 atom stereocenters. The first-order valence-electron chi connectivity index (χ1n) is 8.66. The van der Waals surface area contributed by atoms with Crippen molar-refractivity contribution in [2.75, 3.05) is 18.9 Å². The normalized spacial score (nSPS) is 12.0. The summed E-state index contributed by atoms with van der Waals surface area (Å²) in [6.07, 6.45) is -1.07. The Morgan fingerprint density at radius 3 is 2.25 bits per heavy atom. The fraction of sp³-hybridized carbons (Fsp3) is 0.474. The molecule has 3 N–H and O–H groups in total. The lowest BCUT2D eigenvalue weighted by molar-refractivity contribution is -0.166. The van der Waals surface area contributed by atoms with Crippen LogP contribution < -0.4 is 11.1 Å². The third-order valence-corrected chi connectivity index (χ3v) is 4.56. The van der Waals surface area contributed by atoms with Gasteiger partial charge in [0.1, 0.15) is 6.61 Å². The number of nitrogens with one attached hydrogen (secondary N) is 1. The van der Waals surface area contributed by atoms with Gasteiger partial charge in [-0.2, -0.15) is 0 Å². The highest BCUT2D eigenvalue weighted by Crippen LogP contribution is 2.25. The highest BCUT2D eigenvalue weighted by molar-refractivity contribution is 8.13. The van der Waals surface area contributed by atoms with E-state index in [9.17, 15) is 19.2 Å². The van der Waals surface area contributed by atoms with Gasteiger partial charge in [-0.25, -0.2) is 0 Å². The van der Waals surface area contributed by atoms with Crippen LogP contribution in [0.5, 0.6) is 0 Å². The molecule has 8 nitrogen and oxygen atoms in total. The molecular formula is C19H26N2O6S. The van der Waals surface area contributed by atoms with Crippen LogP contribution in [-0.4, -0.2) is 42.2 Å². The van der Waals surface area contributed by atoms with Crippen molar-refractivity contribution in [2.45, 2.75) is 45.1 Å². The standard InChI is InChI=1S/C19H26N2O6S/c1-12(22)26-11-19(3,4)17(27-13(2)23)18(25)21-10-9-16(24)28-15-7-5-14(20)6-8-15/h5-8,17H,9-11,20H2,1-4H3,(H,21,25). The number of nitrogens with two attached hydrogens (primary N) is 1. The number of rotatable bonds is 9. The smallest absolute Gasteiger partial charge is 0.303 e. The van der Waals surface area contributed by atoms with Crippen LogP contribution >= 0.6 is 11.8 Å². The van der Waals surface area contributed by atoms with Crippen LogP contribution in [0.3, 0.4) is 0 Å². The third kappa shape index (κ3) is 8.43. The van der Waals surface area contributed by atoms with Crippen LogP contribution in [0, 0.1) is 5.41 Å². The fourth-order valence-electron chi connectivity index (χ4n) is 2.20. The molecule has 0 spiro atoms. The molecule has 0 bridgehead atoms. The average Bonchev–Trinajstić information content (AvgIpc) is 2.59. The van der Waals surface area contributed by atoms with Gasteiger partial charge in [0.2, 0.25) is 0 Å². The van der Waals surface area contributed by atoms with Crippen molar-refractivity contribution in [1.82, 2.24) is 5.32 Å². The van der Waals surface area contributed by atoms with Gasteiger partial charge in [-0.05, 0) is 24.3 Å². The number of esters is 2. The molecule has 0 aliphatic carbocycles. The van der Waals surface area contributed by atoms with E-state index in [-0.39, 0.29) is 24.7 Å². The van der Waals surface area contributed by atoms with Gasteiger partial charge < -0.3 is 20.5 Å². The Morgan fingerprint density at radius 2 is 1.71 bits per heavy atom. The van der Waals surface area contributed by atoms with Crippen molar-refractivity contribution in [3.05, 3.63) is 24.3 Å². The second-order valence-corrected chi connectivity index (χ2v) is 7.97. The molecule has 1 amide bonds. The van der Waals surface area contributed by atoms with Crippen molar-refractivity contribution < 1.29 is 28.7 Å². The zero-order valence-corrected chi connectivity index (χ0v) is 17.3. The van der Waals surface area contributed by atoms with Gasteiger partial charge in [0.25, 0.3) is 5.91 Å². The quantitative estimate of drug-likeness (QED) is 0.359. The number of carbonyl (C=O) groups excluding carboxylic acids is 4. The van der Waals surface area contributed by atoms with Crippen LogP contribution in [0.1, 0.15) is 34.1 Å². The highest BCUT2D eigenvalue weighted by Gasteiger charge is 2.39. The van der Waals surface area contributed by atoms with Crippen molar-refractivity contribution in [1.29, 1.82) is 0 Å². The lowest BCUT2D eigenvalue weighted by Gasteiger charge is -2.31. The number of nitrogen functional groups attached to an aromatic ring is 1. The summed E-state index contributed by atoms with van der Waals surface area (Å²) < 4.78 is 10.1. The van der Waals surface area contributed by atoms with Gasteiger partial charge in [0.15, 0.2) is 11.2 Å². The molecule has 1 unspecified atom stereocenters. The Morgan fingerprint density at radius 1 is 1.11 bits per heavy atom. The lowest BCUT2D eigenvalue weighted by Crippen LogP contribution is -2.48. The van der Waals surface area contributed by atoms with Crippen LogP contribution in [0.2, 0.25) is 0 Å². The summed E-state index contributed by atoms with van der Waals surface area (Å²) in [6, 6.07) is 6.88. The minimum atomic E-state index is -1.16. The number of anilines is 1. The summed E-state index contributed by atoms with van der Waals surface area (Å²) in [5.41, 5.74) is 5.27. The first-order chi connectivity index (χ1) is 13.0. The fourth-order valence-corrected chi connectivity index (χ4v) is 2.94. The van der Waals surface area contributed by atoms with Gasteiger partial charge >= 0.3 is 11.9 Å². The predicted octanol–water partition coefficient (Wildman–Crippen LogP) is 1.91. The number of thioether (sulfide) groups is 1. The maximum absolute atomic E-state index is 12.5. The lowest BCUT2D eigenvalue weighted by atomic mass is 9.86. The Labute approximate surface area is 168 Å². The molecule has 0 aliphatic rings. The van der Waals surface area contributed by atoms with Crippen LogP contribution in [0.25, 0.3) is 0 Å². The SMILES string of the molecule is CC(=O)OCC(C)(C)C(OC(C)=O)C(=O)NCCC(=O)Sc1ccc(N)cc1. The van der Waals surface area contributed by atoms with E-state index < -0.39 is 29.4 Å². The average molecular weight is 410 g/mol. The van der Waals surface area contributed by atoms with Gasteiger partial charge in [-0.3, -0.25) is 19.2 Å². The van der Waals surface area contributed by atoms with Crippen LogP contribution in [0.15, 0.2) is 29.2 Å². The van der Waals surface area contributed by atoms with E-state index in [1.165, 1.54) is 13.8 Å². The molecule has 0 saturated carbocycles. The summed E-state index contributed by atoms with van der Waals surface area (Å²) in [5, 5.41) is 2.47. The Hall–Kier alpha value is -2.55. The molecule has 1 aromatic rings. The molecule has 1 aromatic carbocycles. The maximum atomic E-state index is 12.5. The summed E-state index contributed by atoms with van der Waals surface area (Å²) in [5.74, 6) is -1.69. The summed E-state index contributed by atoms with van der Waals surface area (Å²) in [6.45, 7) is 5.72. The summed E-state index contributed by atoms with van der Waals surface area (Å²) in [4.78, 5) is 47.7. The number of ether oxygens (including phenoxy) is 2. The van der Waals surface area contributed by atoms with Crippen molar-refractivity contribution in [3.63, 3.8) is 0 Å². The van der Waals surface area contributed by atoms with Crippen molar-refractivity contribution in [2.24, 2.45) is 5.41 Å². The van der Waals surface area contributed by atoms with E-state index >= 15 is 0 Å². The molecule has 0 aliphatic heterocycles. The predicted molar refractivity (Wildman–Crippen MR) is 105 cm³/mol. The first-order valence-corrected chi connectivity index (χ1v) is 9.47. The molecule has 1 rings (SSSR count). The summed E-state index contributed by atoms with van der Waals surface area (Å²) in [7, 11) is 0. The molecule has 154 valence electrons. The molecule has 9 heteroatoms. The topological polar surface area (TPSA) is 125 Å². The van der Waals surface area contributed by atoms with E-state index in [1.54, 1.807) is 38.1 Å². The van der Waals surface area contributed by atoms with Gasteiger partial charge in [-0.15, -0.1) is 0 Å². The van der Waals surface area contributed by atoms with E-state index in [4.69, 9.17) is 15.2 Å². The minimum Gasteiger partial charge on any atom is -0.465 e. The van der Waals surface area contributed by atoms with E-state index in [0.29, 0.717) is 5.69 Å². The zero-order chi connectivity index (χ0) is 21.3. The maximum Gasteiger partial charge on any atom is 0.303 e. The minimum absolute atomic E-state index is 0.0844. The number of hydrogen-bond donors (Lipinski definition) is 2. The largest absolute Gasteiger partial charge is 0.465 e. The second-order valence-electron chi connectivity index (χ2n) is 6.84. The number of benzene rings is 1. The second kappa shape index (κ2) is 10.7. The number of hydrogen-bond acceptors (Lipinski definition) is 8. The molecule has 0 heterocycles. The highest BCUT2D eigenvalue weighted by atomic mass is 32.2. The zero-order valence-electron chi connectivity index (χ0n) is 16.4. The summed E-state index contributed by atoms with van der Waals surface area (Å²) >= 11 is 1.05. The molecule has 0 radical (unpaired) electrons. The molecular weight excluding hydrogens is 384 g/mol. The molecule has 28 heavy (non-hydrogen) atoms. The first kappa shape index (κ1) is 23.5.